The maximum absolute atomic E-state index is 6.69. The second kappa shape index (κ2) is 11.7. The number of fused-ring (bicyclic) bond motifs is 3. The van der Waals surface area contributed by atoms with Gasteiger partial charge in [-0.1, -0.05) is 164 Å². The highest BCUT2D eigenvalue weighted by molar-refractivity contribution is 6.25. The number of para-hydroxylation sites is 1. The minimum atomic E-state index is 0.567. The van der Waals surface area contributed by atoms with Gasteiger partial charge >= 0.3 is 0 Å². The molecule has 9 aromatic carbocycles. The van der Waals surface area contributed by atoms with Crippen molar-refractivity contribution in [2.45, 2.75) is 0 Å². The number of hydrogen-bond acceptors (Lipinski definition) is 4. The summed E-state index contributed by atoms with van der Waals surface area (Å²) in [7, 11) is 0. The fourth-order valence-electron chi connectivity index (χ4n) is 7.99. The maximum atomic E-state index is 6.69. The van der Waals surface area contributed by atoms with E-state index in [0.717, 1.165) is 49.8 Å². The number of aromatic nitrogens is 3. The van der Waals surface area contributed by atoms with Crippen LogP contribution in [0.2, 0.25) is 0 Å². The van der Waals surface area contributed by atoms with Crippen molar-refractivity contribution in [3.63, 3.8) is 0 Å². The molecule has 11 rings (SSSR count). The molecule has 0 radical (unpaired) electrons. The van der Waals surface area contributed by atoms with E-state index in [1.165, 1.54) is 43.4 Å². The first-order chi connectivity index (χ1) is 26.3. The van der Waals surface area contributed by atoms with Gasteiger partial charge in [-0.2, -0.15) is 0 Å². The standard InChI is InChI=1S/C49H29N3O/c1-3-10-35(11-4-1)47-50-48(36-12-5-2-6-13-36)52-49(51-47)41-29-28-38(45-40-16-7-8-17-42(40)53-46(41)45)31-20-18-30(19-21-31)37-26-24-34-23-22-32-14-9-15-33-25-27-39(37)44(34)43(32)33/h1-29H. The Bertz CT molecular complexity index is 3080. The number of hydrogen-bond donors (Lipinski definition) is 0. The molecule has 0 aliphatic carbocycles. The Morgan fingerprint density at radius 3 is 1.53 bits per heavy atom. The lowest BCUT2D eigenvalue weighted by Gasteiger charge is -2.14. The first-order valence-corrected chi connectivity index (χ1v) is 17.9. The number of rotatable bonds is 5. The van der Waals surface area contributed by atoms with Crippen molar-refractivity contribution in [1.29, 1.82) is 0 Å². The highest BCUT2D eigenvalue weighted by Crippen LogP contribution is 2.43. The summed E-state index contributed by atoms with van der Waals surface area (Å²) in [6.45, 7) is 0. The van der Waals surface area contributed by atoms with Gasteiger partial charge in [0.05, 0.1) is 5.56 Å². The summed E-state index contributed by atoms with van der Waals surface area (Å²) in [6.07, 6.45) is 0. The quantitative estimate of drug-likeness (QED) is 0.170. The van der Waals surface area contributed by atoms with Crippen LogP contribution in [0.1, 0.15) is 0 Å². The van der Waals surface area contributed by atoms with Gasteiger partial charge in [0, 0.05) is 21.9 Å². The molecule has 4 nitrogen and oxygen atoms in total. The van der Waals surface area contributed by atoms with Gasteiger partial charge in [-0.25, -0.2) is 15.0 Å². The van der Waals surface area contributed by atoms with Crippen molar-refractivity contribution in [3.05, 3.63) is 176 Å². The lowest BCUT2D eigenvalue weighted by molar-refractivity contribution is 0.669. The van der Waals surface area contributed by atoms with Gasteiger partial charge in [0.15, 0.2) is 17.5 Å². The summed E-state index contributed by atoms with van der Waals surface area (Å²) in [5.41, 5.74) is 8.87. The van der Waals surface area contributed by atoms with E-state index in [1.54, 1.807) is 0 Å². The van der Waals surface area contributed by atoms with Crippen molar-refractivity contribution in [2.75, 3.05) is 0 Å². The summed E-state index contributed by atoms with van der Waals surface area (Å²) < 4.78 is 6.69. The van der Waals surface area contributed by atoms with Crippen LogP contribution in [0.3, 0.4) is 0 Å². The Morgan fingerprint density at radius 1 is 0.302 bits per heavy atom. The van der Waals surface area contributed by atoms with Gasteiger partial charge in [0.25, 0.3) is 0 Å². The first-order valence-electron chi connectivity index (χ1n) is 17.9. The second-order valence-electron chi connectivity index (χ2n) is 13.5. The van der Waals surface area contributed by atoms with E-state index in [-0.39, 0.29) is 0 Å². The van der Waals surface area contributed by atoms with Crippen molar-refractivity contribution in [3.8, 4) is 56.4 Å². The van der Waals surface area contributed by atoms with Crippen LogP contribution in [0.5, 0.6) is 0 Å². The lowest BCUT2D eigenvalue weighted by Crippen LogP contribution is -2.00. The zero-order valence-corrected chi connectivity index (χ0v) is 28.5. The molecule has 11 aromatic rings. The summed E-state index contributed by atoms with van der Waals surface area (Å²) in [5.74, 6) is 1.80. The molecule has 2 heterocycles. The molecular weight excluding hydrogens is 647 g/mol. The fourth-order valence-corrected chi connectivity index (χ4v) is 7.99. The zero-order valence-electron chi connectivity index (χ0n) is 28.5. The van der Waals surface area contributed by atoms with Gasteiger partial charge in [0.1, 0.15) is 11.2 Å². The van der Waals surface area contributed by atoms with Crippen LogP contribution in [0, 0.1) is 0 Å². The van der Waals surface area contributed by atoms with Crippen LogP contribution in [0.25, 0.3) is 111 Å². The molecule has 0 saturated carbocycles. The average molecular weight is 676 g/mol. The van der Waals surface area contributed by atoms with Crippen molar-refractivity contribution in [1.82, 2.24) is 15.0 Å². The largest absolute Gasteiger partial charge is 0.455 e. The van der Waals surface area contributed by atoms with Crippen molar-refractivity contribution < 1.29 is 4.42 Å². The molecule has 0 bridgehead atoms. The third-order valence-electron chi connectivity index (χ3n) is 10.5. The third-order valence-corrected chi connectivity index (χ3v) is 10.5. The molecule has 246 valence electrons. The average Bonchev–Trinajstić information content (AvgIpc) is 3.63. The fraction of sp³-hybridized carbons (Fsp3) is 0. The Morgan fingerprint density at radius 2 is 0.830 bits per heavy atom. The second-order valence-corrected chi connectivity index (χ2v) is 13.5. The molecule has 0 aliphatic rings. The van der Waals surface area contributed by atoms with Crippen LogP contribution in [-0.4, -0.2) is 15.0 Å². The van der Waals surface area contributed by atoms with Gasteiger partial charge in [0.2, 0.25) is 0 Å². The highest BCUT2D eigenvalue weighted by atomic mass is 16.3. The molecule has 0 aliphatic heterocycles. The van der Waals surface area contributed by atoms with Gasteiger partial charge < -0.3 is 4.42 Å². The van der Waals surface area contributed by atoms with Crippen molar-refractivity contribution >= 4 is 54.3 Å². The monoisotopic (exact) mass is 675 g/mol. The predicted octanol–water partition coefficient (Wildman–Crippen LogP) is 13.0. The molecule has 0 unspecified atom stereocenters. The van der Waals surface area contributed by atoms with E-state index in [0.29, 0.717) is 17.5 Å². The Hall–Kier alpha value is -7.17. The number of furan rings is 1. The van der Waals surface area contributed by atoms with E-state index in [4.69, 9.17) is 19.4 Å². The predicted molar refractivity (Wildman–Crippen MR) is 218 cm³/mol. The smallest absolute Gasteiger partial charge is 0.167 e. The van der Waals surface area contributed by atoms with Gasteiger partial charge in [-0.15, -0.1) is 0 Å². The Labute approximate surface area is 305 Å². The topological polar surface area (TPSA) is 51.8 Å². The normalized spacial score (nSPS) is 11.8. The van der Waals surface area contributed by atoms with Crippen molar-refractivity contribution in [2.24, 2.45) is 0 Å². The van der Waals surface area contributed by atoms with E-state index in [1.807, 2.05) is 72.8 Å². The van der Waals surface area contributed by atoms with E-state index in [9.17, 15) is 0 Å². The Kier molecular flexibility index (Phi) is 6.52. The van der Waals surface area contributed by atoms with E-state index < -0.39 is 0 Å². The number of nitrogens with zero attached hydrogens (tertiary/aromatic N) is 3. The van der Waals surface area contributed by atoms with Gasteiger partial charge in [-0.05, 0) is 66.7 Å². The molecule has 0 fully saturated rings. The third kappa shape index (κ3) is 4.73. The zero-order chi connectivity index (χ0) is 34.9. The molecular formula is C49H29N3O. The lowest BCUT2D eigenvalue weighted by atomic mass is 9.89. The highest BCUT2D eigenvalue weighted by Gasteiger charge is 2.21. The van der Waals surface area contributed by atoms with E-state index >= 15 is 0 Å². The van der Waals surface area contributed by atoms with Crippen LogP contribution < -0.4 is 0 Å². The minimum absolute atomic E-state index is 0.567. The number of benzene rings is 9. The van der Waals surface area contributed by atoms with Crippen LogP contribution >= 0.6 is 0 Å². The molecule has 0 N–H and O–H groups in total. The first kappa shape index (κ1) is 29.5. The SMILES string of the molecule is c1ccc(-c2nc(-c3ccccc3)nc(-c3ccc(-c4ccc(-c5ccc6ccc7cccc8ccc5c6c78)cc4)c4c3oc3ccccc34)n2)cc1. The molecule has 2 aromatic heterocycles. The maximum Gasteiger partial charge on any atom is 0.167 e. The molecule has 0 saturated heterocycles. The summed E-state index contributed by atoms with van der Waals surface area (Å²) >= 11 is 0. The molecule has 4 heteroatoms. The molecule has 0 spiro atoms. The Balaban J connectivity index is 1.07. The molecule has 0 amide bonds. The summed E-state index contributed by atoms with van der Waals surface area (Å²) in [6, 6.07) is 61.6. The van der Waals surface area contributed by atoms with Crippen LogP contribution in [0.15, 0.2) is 180 Å². The van der Waals surface area contributed by atoms with Crippen LogP contribution in [-0.2, 0) is 0 Å². The summed E-state index contributed by atoms with van der Waals surface area (Å²) in [4.78, 5) is 15.0. The molecule has 53 heavy (non-hydrogen) atoms. The van der Waals surface area contributed by atoms with Crippen LogP contribution in [0.4, 0.5) is 0 Å². The minimum Gasteiger partial charge on any atom is -0.455 e. The van der Waals surface area contributed by atoms with E-state index in [2.05, 4.69) is 103 Å². The molecule has 0 atom stereocenters. The van der Waals surface area contributed by atoms with Gasteiger partial charge in [-0.3, -0.25) is 0 Å². The summed E-state index contributed by atoms with van der Waals surface area (Å²) in [5, 5.41) is 9.84.